The summed E-state index contributed by atoms with van der Waals surface area (Å²) in [5.74, 6) is -4.20. The molecule has 1 heterocycles. The van der Waals surface area contributed by atoms with Crippen LogP contribution < -0.4 is 5.32 Å². The van der Waals surface area contributed by atoms with Gasteiger partial charge in [0.1, 0.15) is 0 Å². The molecule has 0 aromatic rings. The van der Waals surface area contributed by atoms with Crippen molar-refractivity contribution in [1.82, 2.24) is 5.32 Å². The molecule has 2 unspecified atom stereocenters. The van der Waals surface area contributed by atoms with Crippen molar-refractivity contribution in [2.45, 2.75) is 70.6 Å². The molecule has 1 amide bonds. The average molecular weight is 349 g/mol. The van der Waals surface area contributed by atoms with Crippen LogP contribution in [0.4, 0.5) is 0 Å². The van der Waals surface area contributed by atoms with Crippen molar-refractivity contribution in [3.63, 3.8) is 0 Å². The lowest BCUT2D eigenvalue weighted by Gasteiger charge is -2.36. The Morgan fingerprint density at radius 2 is 2.17 bits per heavy atom. The summed E-state index contributed by atoms with van der Waals surface area (Å²) in [6.45, 7) is 3.30. The largest absolute Gasteiger partial charge is 0.360 e. The quantitative estimate of drug-likeness (QED) is 0.617. The number of hydrogen-bond acceptors (Lipinski definition) is 6. The lowest BCUT2D eigenvalue weighted by Crippen LogP contribution is -2.47. The Balaban J connectivity index is 2.86. The molecule has 0 spiro atoms. The first-order valence-corrected chi connectivity index (χ1v) is 8.73. The first-order valence-electron chi connectivity index (χ1n) is 9.75. The maximum Gasteiger partial charge on any atom is 0.226 e. The van der Waals surface area contributed by atoms with Crippen LogP contribution in [-0.4, -0.2) is 46.1 Å². The number of nitrogens with one attached hydrogen (secondary N) is 1. The monoisotopic (exact) mass is 349 g/mol. The van der Waals surface area contributed by atoms with Crippen molar-refractivity contribution in [1.29, 1.82) is 0 Å². The summed E-state index contributed by atoms with van der Waals surface area (Å²) in [6.07, 6.45) is -4.60. The number of amides is 1. The number of thioether (sulfide) groups is 1. The molecule has 2 N–H and O–H groups in total. The zero-order valence-corrected chi connectivity index (χ0v) is 14.3. The van der Waals surface area contributed by atoms with E-state index in [4.69, 9.17) is 10.2 Å². The second-order valence-electron chi connectivity index (χ2n) is 5.40. The minimum atomic E-state index is -3.27. The van der Waals surface area contributed by atoms with E-state index in [1.807, 2.05) is 6.92 Å². The summed E-state index contributed by atoms with van der Waals surface area (Å²) in [5, 5.41) is 11.8. The van der Waals surface area contributed by atoms with Gasteiger partial charge in [0.15, 0.2) is 10.9 Å². The van der Waals surface area contributed by atoms with Crippen LogP contribution in [0.2, 0.25) is 0 Å². The fourth-order valence-corrected chi connectivity index (χ4v) is 2.78. The van der Waals surface area contributed by atoms with Gasteiger partial charge < -0.3 is 15.2 Å². The molecule has 0 radical (unpaired) electrons. The summed E-state index contributed by atoms with van der Waals surface area (Å²) < 4.78 is 37.0. The number of ether oxygens (including phenoxy) is 1. The molecular weight excluding hydrogens is 318 g/mol. The molecule has 0 aliphatic carbocycles. The predicted molar refractivity (Wildman–Crippen MR) is 89.0 cm³/mol. The molecule has 1 saturated heterocycles. The van der Waals surface area contributed by atoms with Gasteiger partial charge in [-0.2, -0.15) is 0 Å². The molecule has 1 fully saturated rings. The van der Waals surface area contributed by atoms with Crippen LogP contribution in [0.1, 0.15) is 64.2 Å². The zero-order valence-electron chi connectivity index (χ0n) is 17.5. The zero-order chi connectivity index (χ0) is 20.9. The first-order chi connectivity index (χ1) is 12.4. The highest BCUT2D eigenvalue weighted by atomic mass is 32.2. The van der Waals surface area contributed by atoms with E-state index >= 15 is 0 Å². The van der Waals surface area contributed by atoms with Crippen LogP contribution in [0.5, 0.6) is 0 Å². The Morgan fingerprint density at radius 3 is 2.83 bits per heavy atom. The summed E-state index contributed by atoms with van der Waals surface area (Å²) in [6, 6.07) is 0. The van der Waals surface area contributed by atoms with Crippen molar-refractivity contribution in [3.8, 4) is 0 Å². The molecule has 1 aliphatic rings. The van der Waals surface area contributed by atoms with Gasteiger partial charge in [-0.25, -0.2) is 0 Å². The third-order valence-electron chi connectivity index (χ3n) is 3.36. The van der Waals surface area contributed by atoms with Gasteiger partial charge in [0, 0.05) is 43.9 Å². The number of aliphatic hydroxyl groups is 1. The Bertz CT molecular complexity index is 573. The van der Waals surface area contributed by atoms with Crippen LogP contribution in [0.25, 0.3) is 0 Å². The van der Waals surface area contributed by atoms with Crippen molar-refractivity contribution in [2.75, 3.05) is 12.3 Å². The highest BCUT2D eigenvalue weighted by Crippen LogP contribution is 2.30. The van der Waals surface area contributed by atoms with Gasteiger partial charge in [-0.15, -0.1) is 0 Å². The molecule has 0 bridgehead atoms. The Kier molecular flexibility index (Phi) is 6.30. The number of ketones is 1. The van der Waals surface area contributed by atoms with Crippen LogP contribution in [0, 0.1) is 0 Å². The summed E-state index contributed by atoms with van der Waals surface area (Å²) in [7, 11) is 0. The molecule has 23 heavy (non-hydrogen) atoms. The van der Waals surface area contributed by atoms with E-state index in [9.17, 15) is 19.5 Å². The van der Waals surface area contributed by atoms with Crippen molar-refractivity contribution < 1.29 is 29.7 Å². The Hall–Kier alpha value is -0.920. The number of hydrogen-bond donors (Lipinski definition) is 2. The second-order valence-corrected chi connectivity index (χ2v) is 6.47. The average Bonchev–Trinajstić information content (AvgIpc) is 2.57. The number of carbonyl (C=O) groups is 3. The van der Waals surface area contributed by atoms with Crippen LogP contribution in [0.15, 0.2) is 0 Å². The highest BCUT2D eigenvalue weighted by molar-refractivity contribution is 8.13. The van der Waals surface area contributed by atoms with Gasteiger partial charge in [0.05, 0.1) is 6.10 Å². The van der Waals surface area contributed by atoms with Gasteiger partial charge in [0.2, 0.25) is 11.7 Å². The fraction of sp³-hybridized carbons (Fsp3) is 0.812. The second kappa shape index (κ2) is 10.1. The fourth-order valence-electron chi connectivity index (χ4n) is 2.27. The summed E-state index contributed by atoms with van der Waals surface area (Å²) in [4.78, 5) is 35.6. The minimum Gasteiger partial charge on any atom is -0.360 e. The van der Waals surface area contributed by atoms with Gasteiger partial charge in [-0.3, -0.25) is 14.4 Å². The molecule has 1 aliphatic heterocycles. The van der Waals surface area contributed by atoms with Crippen LogP contribution in [-0.2, 0) is 19.1 Å². The third kappa shape index (κ3) is 7.46. The Morgan fingerprint density at radius 1 is 1.43 bits per heavy atom. The maximum absolute atomic E-state index is 12.7. The topological polar surface area (TPSA) is 92.7 Å². The molecule has 0 aromatic heterocycles. The highest BCUT2D eigenvalue weighted by Gasteiger charge is 2.41. The van der Waals surface area contributed by atoms with E-state index in [1.165, 1.54) is 6.92 Å². The molecule has 0 aromatic carbocycles. The summed E-state index contributed by atoms with van der Waals surface area (Å²) >= 11 is 0.481. The van der Waals surface area contributed by atoms with Crippen molar-refractivity contribution >= 4 is 28.6 Å². The SMILES string of the molecule is [2H]C([2H])(C(=O)SCCNC(C)=O)C([2H])([2H])C(=O)C1(O)CCCC(CCC)O1. The normalized spacial score (nSPS) is 28.0. The van der Waals surface area contributed by atoms with E-state index in [0.717, 1.165) is 6.42 Å². The minimum absolute atomic E-state index is 0.0293. The smallest absolute Gasteiger partial charge is 0.226 e. The third-order valence-corrected chi connectivity index (χ3v) is 4.13. The molecule has 7 heteroatoms. The predicted octanol–water partition coefficient (Wildman–Crippen LogP) is 1.79. The van der Waals surface area contributed by atoms with Crippen molar-refractivity contribution in [2.24, 2.45) is 0 Å². The summed E-state index contributed by atoms with van der Waals surface area (Å²) in [5.41, 5.74) is 0. The molecular formula is C16H27NO5S. The van der Waals surface area contributed by atoms with Gasteiger partial charge in [0.25, 0.3) is 0 Å². The van der Waals surface area contributed by atoms with Gasteiger partial charge in [-0.05, 0) is 19.3 Å². The lowest BCUT2D eigenvalue weighted by molar-refractivity contribution is -0.242. The molecule has 6 nitrogen and oxygen atoms in total. The standard InChI is InChI=1S/C16H27NO5S/c1-3-5-13-6-4-9-16(21,22-13)14(19)7-8-15(20)23-11-10-17-12(2)18/h13,21H,3-11H2,1-2H3,(H,17,18)/i7D2,8D2. The van der Waals surface area contributed by atoms with E-state index in [1.54, 1.807) is 0 Å². The van der Waals surface area contributed by atoms with Crippen LogP contribution in [0.3, 0.4) is 0 Å². The molecule has 2 atom stereocenters. The van der Waals surface area contributed by atoms with Crippen LogP contribution >= 0.6 is 11.8 Å². The van der Waals surface area contributed by atoms with Gasteiger partial charge >= 0.3 is 0 Å². The maximum atomic E-state index is 12.7. The lowest BCUT2D eigenvalue weighted by atomic mass is 9.94. The van der Waals surface area contributed by atoms with Gasteiger partial charge in [-0.1, -0.05) is 25.1 Å². The molecule has 1 rings (SSSR count). The first kappa shape index (κ1) is 14.4. The molecule has 0 saturated carbocycles. The number of rotatable bonds is 9. The number of Topliss-reactive ketones (excluding diaryl/α,β-unsaturated/α-hetero) is 1. The Labute approximate surface area is 147 Å². The van der Waals surface area contributed by atoms with E-state index in [0.29, 0.717) is 31.0 Å². The number of carbonyl (C=O) groups excluding carboxylic acids is 3. The molecule has 132 valence electrons. The van der Waals surface area contributed by atoms with Crippen molar-refractivity contribution in [3.05, 3.63) is 0 Å². The van der Waals surface area contributed by atoms with E-state index in [-0.39, 0.29) is 24.6 Å². The van der Waals surface area contributed by atoms with E-state index < -0.39 is 35.5 Å². The van der Waals surface area contributed by atoms with E-state index in [2.05, 4.69) is 5.32 Å².